The molecule has 7 nitrogen and oxygen atoms in total. The average molecular weight is 319 g/mol. The van der Waals surface area contributed by atoms with Gasteiger partial charge in [-0.25, -0.2) is 4.79 Å². The summed E-state index contributed by atoms with van der Waals surface area (Å²) in [6, 6.07) is 8.84. The third kappa shape index (κ3) is 3.64. The number of nitrogens with one attached hydrogen (secondary N) is 1. The van der Waals surface area contributed by atoms with Crippen LogP contribution >= 0.6 is 11.8 Å². The van der Waals surface area contributed by atoms with Gasteiger partial charge in [0.1, 0.15) is 0 Å². The molecule has 0 bridgehead atoms. The van der Waals surface area contributed by atoms with Gasteiger partial charge in [0, 0.05) is 12.1 Å². The van der Waals surface area contributed by atoms with Crippen LogP contribution in [0.3, 0.4) is 0 Å². The lowest BCUT2D eigenvalue weighted by molar-refractivity contribution is -0.119. The minimum Gasteiger partial charge on any atom is -0.351 e. The second kappa shape index (κ2) is 7.08. The third-order valence-electron chi connectivity index (χ3n) is 2.96. The predicted octanol–water partition coefficient (Wildman–Crippen LogP) is 1.64. The third-order valence-corrected chi connectivity index (χ3v) is 4.04. The maximum atomic E-state index is 11.7. The predicted molar refractivity (Wildman–Crippen MR) is 84.2 cm³/mol. The maximum Gasteiger partial charge on any atom is 0.318 e. The summed E-state index contributed by atoms with van der Waals surface area (Å²) >= 11 is 1.23. The van der Waals surface area contributed by atoms with Crippen molar-refractivity contribution in [2.45, 2.75) is 30.8 Å². The Morgan fingerprint density at radius 1 is 1.32 bits per heavy atom. The first-order valence-corrected chi connectivity index (χ1v) is 7.66. The van der Waals surface area contributed by atoms with Gasteiger partial charge in [0.2, 0.25) is 5.91 Å². The Morgan fingerprint density at radius 3 is 2.59 bits per heavy atom. The molecule has 116 valence electrons. The molecule has 1 atom stereocenters. The zero-order chi connectivity index (χ0) is 16.1. The van der Waals surface area contributed by atoms with Crippen LogP contribution in [0.4, 0.5) is 4.79 Å². The quantitative estimate of drug-likeness (QED) is 0.816. The Morgan fingerprint density at radius 2 is 2.00 bits per heavy atom. The van der Waals surface area contributed by atoms with Crippen molar-refractivity contribution in [2.24, 2.45) is 5.73 Å². The second-order valence-electron chi connectivity index (χ2n) is 4.53. The number of benzene rings is 1. The van der Waals surface area contributed by atoms with Gasteiger partial charge < -0.3 is 10.3 Å². The average Bonchev–Trinajstić information content (AvgIpc) is 2.90. The van der Waals surface area contributed by atoms with Gasteiger partial charge in [0.25, 0.3) is 0 Å². The van der Waals surface area contributed by atoms with Crippen LogP contribution in [0.25, 0.3) is 11.4 Å². The lowest BCUT2D eigenvalue weighted by atomic mass is 10.2. The fourth-order valence-corrected chi connectivity index (χ4v) is 2.81. The molecule has 22 heavy (non-hydrogen) atoms. The standard InChI is InChI=1S/C14H17N5O2S/c1-3-19-11(10-7-5-4-6-8-10)17-18-14(19)22-9(2)12(20)16-13(15)21/h4-9H,3H2,1-2H3,(H3,15,16,20,21). The van der Waals surface area contributed by atoms with Gasteiger partial charge in [0.15, 0.2) is 11.0 Å². The zero-order valence-corrected chi connectivity index (χ0v) is 13.1. The Kier molecular flexibility index (Phi) is 5.16. The first-order valence-electron chi connectivity index (χ1n) is 6.78. The van der Waals surface area contributed by atoms with E-state index in [1.54, 1.807) is 6.92 Å². The molecule has 0 saturated heterocycles. The summed E-state index contributed by atoms with van der Waals surface area (Å²) in [6.07, 6.45) is 0. The number of carbonyl (C=O) groups is 2. The minimum atomic E-state index is -0.862. The van der Waals surface area contributed by atoms with Crippen molar-refractivity contribution in [2.75, 3.05) is 0 Å². The molecular weight excluding hydrogens is 302 g/mol. The lowest BCUT2D eigenvalue weighted by Crippen LogP contribution is -2.39. The number of primary amides is 1. The van der Waals surface area contributed by atoms with Crippen LogP contribution in [-0.4, -0.2) is 32.0 Å². The number of urea groups is 1. The zero-order valence-electron chi connectivity index (χ0n) is 12.3. The molecule has 0 spiro atoms. The van der Waals surface area contributed by atoms with Crippen molar-refractivity contribution in [1.82, 2.24) is 20.1 Å². The number of thioether (sulfide) groups is 1. The summed E-state index contributed by atoms with van der Waals surface area (Å²) in [4.78, 5) is 22.5. The first kappa shape index (κ1) is 16.0. The van der Waals surface area contributed by atoms with E-state index < -0.39 is 17.2 Å². The summed E-state index contributed by atoms with van der Waals surface area (Å²) in [5.74, 6) is 0.289. The topological polar surface area (TPSA) is 103 Å². The molecule has 2 aromatic rings. The summed E-state index contributed by atoms with van der Waals surface area (Å²) in [7, 11) is 0. The number of hydrogen-bond donors (Lipinski definition) is 2. The van der Waals surface area contributed by atoms with Crippen molar-refractivity contribution < 1.29 is 9.59 Å². The molecule has 1 aromatic heterocycles. The van der Waals surface area contributed by atoms with Gasteiger partial charge in [-0.3, -0.25) is 10.1 Å². The largest absolute Gasteiger partial charge is 0.351 e. The number of aromatic nitrogens is 3. The Bertz CT molecular complexity index is 671. The normalized spacial score (nSPS) is 11.9. The van der Waals surface area contributed by atoms with E-state index in [2.05, 4.69) is 15.5 Å². The summed E-state index contributed by atoms with van der Waals surface area (Å²) < 4.78 is 1.92. The van der Waals surface area contributed by atoms with E-state index in [4.69, 9.17) is 5.73 Å². The number of imide groups is 1. The van der Waals surface area contributed by atoms with Crippen LogP contribution in [0.1, 0.15) is 13.8 Å². The van der Waals surface area contributed by atoms with Gasteiger partial charge in [-0.1, -0.05) is 42.1 Å². The molecule has 1 aromatic carbocycles. The van der Waals surface area contributed by atoms with Crippen LogP contribution in [0.15, 0.2) is 35.5 Å². The van der Waals surface area contributed by atoms with E-state index in [1.165, 1.54) is 11.8 Å². The molecule has 0 fully saturated rings. The highest BCUT2D eigenvalue weighted by atomic mass is 32.2. The highest BCUT2D eigenvalue weighted by Crippen LogP contribution is 2.26. The van der Waals surface area contributed by atoms with Gasteiger partial charge in [-0.05, 0) is 13.8 Å². The van der Waals surface area contributed by atoms with E-state index in [-0.39, 0.29) is 0 Å². The Balaban J connectivity index is 2.21. The monoisotopic (exact) mass is 319 g/mol. The van der Waals surface area contributed by atoms with Crippen molar-refractivity contribution in [3.8, 4) is 11.4 Å². The molecule has 0 radical (unpaired) electrons. The van der Waals surface area contributed by atoms with Crippen LogP contribution < -0.4 is 11.1 Å². The number of hydrogen-bond acceptors (Lipinski definition) is 5. The number of carbonyl (C=O) groups excluding carboxylic acids is 2. The summed E-state index contributed by atoms with van der Waals surface area (Å²) in [5, 5.41) is 10.5. The maximum absolute atomic E-state index is 11.7. The lowest BCUT2D eigenvalue weighted by Gasteiger charge is -2.11. The molecule has 0 aliphatic carbocycles. The van der Waals surface area contributed by atoms with Crippen molar-refractivity contribution in [3.63, 3.8) is 0 Å². The van der Waals surface area contributed by atoms with E-state index >= 15 is 0 Å². The number of rotatable bonds is 5. The van der Waals surface area contributed by atoms with E-state index in [9.17, 15) is 9.59 Å². The van der Waals surface area contributed by atoms with E-state index in [0.717, 1.165) is 11.4 Å². The summed E-state index contributed by atoms with van der Waals surface area (Å²) in [5.41, 5.74) is 5.90. The summed E-state index contributed by atoms with van der Waals surface area (Å²) in [6.45, 7) is 4.33. The number of nitrogens with two attached hydrogens (primary N) is 1. The molecular formula is C14H17N5O2S. The van der Waals surface area contributed by atoms with Gasteiger partial charge >= 0.3 is 6.03 Å². The van der Waals surface area contributed by atoms with Crippen LogP contribution in [0.2, 0.25) is 0 Å². The SMILES string of the molecule is CCn1c(SC(C)C(=O)NC(N)=O)nnc1-c1ccccc1. The molecule has 8 heteroatoms. The molecule has 3 amide bonds. The van der Waals surface area contributed by atoms with Crippen molar-refractivity contribution in [1.29, 1.82) is 0 Å². The molecule has 0 aliphatic heterocycles. The van der Waals surface area contributed by atoms with Crippen LogP contribution in [-0.2, 0) is 11.3 Å². The van der Waals surface area contributed by atoms with Gasteiger partial charge in [0.05, 0.1) is 5.25 Å². The Hall–Kier alpha value is -2.35. The van der Waals surface area contributed by atoms with Crippen molar-refractivity contribution >= 4 is 23.7 Å². The fraction of sp³-hybridized carbons (Fsp3) is 0.286. The molecule has 1 heterocycles. The van der Waals surface area contributed by atoms with Crippen LogP contribution in [0.5, 0.6) is 0 Å². The number of nitrogens with zero attached hydrogens (tertiary/aromatic N) is 3. The smallest absolute Gasteiger partial charge is 0.318 e. The minimum absolute atomic E-state index is 0.454. The van der Waals surface area contributed by atoms with E-state index in [0.29, 0.717) is 11.7 Å². The molecule has 3 N–H and O–H groups in total. The van der Waals surface area contributed by atoms with Gasteiger partial charge in [-0.2, -0.15) is 0 Å². The molecule has 2 rings (SSSR count). The Labute approximate surface area is 132 Å². The van der Waals surface area contributed by atoms with Crippen LogP contribution in [0, 0.1) is 0 Å². The fourth-order valence-electron chi connectivity index (χ4n) is 1.90. The molecule has 0 aliphatic rings. The highest BCUT2D eigenvalue weighted by Gasteiger charge is 2.20. The molecule has 0 saturated carbocycles. The number of amides is 3. The molecule has 1 unspecified atom stereocenters. The van der Waals surface area contributed by atoms with Gasteiger partial charge in [-0.15, -0.1) is 10.2 Å². The second-order valence-corrected chi connectivity index (χ2v) is 5.84. The van der Waals surface area contributed by atoms with E-state index in [1.807, 2.05) is 41.8 Å². The highest BCUT2D eigenvalue weighted by molar-refractivity contribution is 8.00. The first-order chi connectivity index (χ1) is 10.5. The van der Waals surface area contributed by atoms with Crippen molar-refractivity contribution in [3.05, 3.63) is 30.3 Å².